The molecule has 0 aliphatic heterocycles. The van der Waals surface area contributed by atoms with Gasteiger partial charge in [0, 0.05) is 30.9 Å². The summed E-state index contributed by atoms with van der Waals surface area (Å²) in [5, 5.41) is 7.62. The van der Waals surface area contributed by atoms with Crippen LogP contribution in [0.15, 0.2) is 30.6 Å². The third-order valence-corrected chi connectivity index (χ3v) is 2.50. The summed E-state index contributed by atoms with van der Waals surface area (Å²) in [5.74, 6) is 0. The second-order valence-corrected chi connectivity index (χ2v) is 3.72. The lowest BCUT2D eigenvalue weighted by molar-refractivity contribution is 0.558. The average Bonchev–Trinajstić information content (AvgIpc) is 2.69. The lowest BCUT2D eigenvalue weighted by atomic mass is 10.2. The summed E-state index contributed by atoms with van der Waals surface area (Å²) in [6.45, 7) is 3.54. The maximum Gasteiger partial charge on any atom is 0.0706 e. The Morgan fingerprint density at radius 2 is 2.40 bits per heavy atom. The number of aromatic nitrogens is 2. The molecule has 0 bridgehead atoms. The molecule has 1 atom stereocenters. The van der Waals surface area contributed by atoms with Crippen molar-refractivity contribution in [2.75, 3.05) is 6.54 Å². The van der Waals surface area contributed by atoms with Crippen molar-refractivity contribution in [3.05, 3.63) is 36.2 Å². The summed E-state index contributed by atoms with van der Waals surface area (Å²) < 4.78 is 1.88. The molecule has 4 nitrogen and oxygen atoms in total. The molecule has 2 aromatic heterocycles. The predicted molar refractivity (Wildman–Crippen MR) is 60.5 cm³/mol. The van der Waals surface area contributed by atoms with Crippen LogP contribution in [0.25, 0.3) is 5.52 Å². The van der Waals surface area contributed by atoms with Gasteiger partial charge in [0.15, 0.2) is 0 Å². The SMILES string of the molecule is C[C@@H](CN)NCc1cnn2ccccc12. The van der Waals surface area contributed by atoms with Gasteiger partial charge in [-0.15, -0.1) is 0 Å². The van der Waals surface area contributed by atoms with Crippen LogP contribution in [-0.2, 0) is 6.54 Å². The highest BCUT2D eigenvalue weighted by atomic mass is 15.2. The van der Waals surface area contributed by atoms with Crippen molar-refractivity contribution in [3.8, 4) is 0 Å². The summed E-state index contributed by atoms with van der Waals surface area (Å²) >= 11 is 0. The fourth-order valence-electron chi connectivity index (χ4n) is 1.49. The van der Waals surface area contributed by atoms with Crippen LogP contribution in [0.1, 0.15) is 12.5 Å². The van der Waals surface area contributed by atoms with E-state index in [1.165, 1.54) is 5.56 Å². The third kappa shape index (κ3) is 2.16. The fraction of sp³-hybridized carbons (Fsp3) is 0.364. The highest BCUT2D eigenvalue weighted by molar-refractivity contribution is 5.53. The summed E-state index contributed by atoms with van der Waals surface area (Å²) in [5.41, 5.74) is 7.89. The van der Waals surface area contributed by atoms with Crippen LogP contribution in [0.3, 0.4) is 0 Å². The minimum absolute atomic E-state index is 0.337. The van der Waals surface area contributed by atoms with Crippen LogP contribution in [0, 0.1) is 0 Å². The minimum atomic E-state index is 0.337. The molecule has 0 aliphatic carbocycles. The Morgan fingerprint density at radius 3 is 3.20 bits per heavy atom. The Balaban J connectivity index is 2.14. The van der Waals surface area contributed by atoms with Gasteiger partial charge >= 0.3 is 0 Å². The van der Waals surface area contributed by atoms with E-state index < -0.39 is 0 Å². The minimum Gasteiger partial charge on any atom is -0.329 e. The van der Waals surface area contributed by atoms with Crippen LogP contribution in [0.2, 0.25) is 0 Å². The lowest BCUT2D eigenvalue weighted by Crippen LogP contribution is -2.32. The Kier molecular flexibility index (Phi) is 2.99. The van der Waals surface area contributed by atoms with E-state index in [1.54, 1.807) is 0 Å². The number of nitrogens with one attached hydrogen (secondary N) is 1. The maximum atomic E-state index is 5.54. The molecule has 15 heavy (non-hydrogen) atoms. The van der Waals surface area contributed by atoms with Crippen molar-refractivity contribution in [1.82, 2.24) is 14.9 Å². The van der Waals surface area contributed by atoms with Crippen LogP contribution in [-0.4, -0.2) is 22.2 Å². The number of hydrogen-bond donors (Lipinski definition) is 2. The lowest BCUT2D eigenvalue weighted by Gasteiger charge is -2.09. The summed E-state index contributed by atoms with van der Waals surface area (Å²) in [4.78, 5) is 0. The number of rotatable bonds is 4. The monoisotopic (exact) mass is 204 g/mol. The van der Waals surface area contributed by atoms with Crippen molar-refractivity contribution in [2.24, 2.45) is 5.73 Å². The molecule has 0 radical (unpaired) electrons. The van der Waals surface area contributed by atoms with Crippen LogP contribution >= 0.6 is 0 Å². The number of nitrogens with zero attached hydrogens (tertiary/aromatic N) is 2. The molecule has 80 valence electrons. The number of fused-ring (bicyclic) bond motifs is 1. The van der Waals surface area contributed by atoms with Crippen LogP contribution in [0.4, 0.5) is 0 Å². The van der Waals surface area contributed by atoms with Crippen molar-refractivity contribution in [3.63, 3.8) is 0 Å². The van der Waals surface area contributed by atoms with Crippen molar-refractivity contribution >= 4 is 5.52 Å². The largest absolute Gasteiger partial charge is 0.329 e. The first-order chi connectivity index (χ1) is 7.31. The Bertz CT molecular complexity index is 435. The van der Waals surface area contributed by atoms with Crippen molar-refractivity contribution < 1.29 is 0 Å². The van der Waals surface area contributed by atoms with Crippen molar-refractivity contribution in [1.29, 1.82) is 0 Å². The van der Waals surface area contributed by atoms with Crippen molar-refractivity contribution in [2.45, 2.75) is 19.5 Å². The zero-order valence-electron chi connectivity index (χ0n) is 8.85. The predicted octanol–water partition coefficient (Wildman–Crippen LogP) is 0.771. The van der Waals surface area contributed by atoms with E-state index in [0.717, 1.165) is 12.1 Å². The van der Waals surface area contributed by atoms with E-state index in [1.807, 2.05) is 29.0 Å². The second-order valence-electron chi connectivity index (χ2n) is 3.72. The van der Waals surface area contributed by atoms with Crippen LogP contribution in [0.5, 0.6) is 0 Å². The first-order valence-electron chi connectivity index (χ1n) is 5.16. The molecule has 0 spiro atoms. The maximum absolute atomic E-state index is 5.54. The van der Waals surface area contributed by atoms with Gasteiger partial charge in [0.25, 0.3) is 0 Å². The molecule has 2 heterocycles. The number of nitrogens with two attached hydrogens (primary N) is 1. The van der Waals surface area contributed by atoms with Gasteiger partial charge in [-0.05, 0) is 19.1 Å². The molecule has 3 N–H and O–H groups in total. The zero-order valence-corrected chi connectivity index (χ0v) is 8.85. The van der Waals surface area contributed by atoms with E-state index in [2.05, 4.69) is 23.4 Å². The van der Waals surface area contributed by atoms with Gasteiger partial charge in [-0.1, -0.05) is 6.07 Å². The third-order valence-electron chi connectivity index (χ3n) is 2.50. The van der Waals surface area contributed by atoms with Gasteiger partial charge in [0.2, 0.25) is 0 Å². The molecule has 4 heteroatoms. The molecular weight excluding hydrogens is 188 g/mol. The van der Waals surface area contributed by atoms with E-state index in [9.17, 15) is 0 Å². The Morgan fingerprint density at radius 1 is 1.53 bits per heavy atom. The molecular formula is C11H16N4. The highest BCUT2D eigenvalue weighted by Gasteiger charge is 2.04. The van der Waals surface area contributed by atoms with E-state index in [-0.39, 0.29) is 0 Å². The smallest absolute Gasteiger partial charge is 0.0706 e. The average molecular weight is 204 g/mol. The van der Waals surface area contributed by atoms with E-state index in [4.69, 9.17) is 5.73 Å². The molecule has 0 fully saturated rings. The quantitative estimate of drug-likeness (QED) is 0.773. The second kappa shape index (κ2) is 4.42. The number of hydrogen-bond acceptors (Lipinski definition) is 3. The first-order valence-corrected chi connectivity index (χ1v) is 5.16. The Labute approximate surface area is 89.1 Å². The molecule has 0 saturated carbocycles. The molecule has 0 saturated heterocycles. The van der Waals surface area contributed by atoms with Gasteiger partial charge in [0.05, 0.1) is 11.7 Å². The fourth-order valence-corrected chi connectivity index (χ4v) is 1.49. The normalized spacial score (nSPS) is 13.2. The van der Waals surface area contributed by atoms with Gasteiger partial charge < -0.3 is 11.1 Å². The summed E-state index contributed by atoms with van der Waals surface area (Å²) in [6.07, 6.45) is 3.84. The van der Waals surface area contributed by atoms with Gasteiger partial charge in [0.1, 0.15) is 0 Å². The zero-order chi connectivity index (χ0) is 10.7. The van der Waals surface area contributed by atoms with Gasteiger partial charge in [-0.3, -0.25) is 0 Å². The Hall–Kier alpha value is -1.39. The molecule has 2 rings (SSSR count). The molecule has 0 unspecified atom stereocenters. The van der Waals surface area contributed by atoms with E-state index >= 15 is 0 Å². The molecule has 0 aliphatic rings. The van der Waals surface area contributed by atoms with E-state index in [0.29, 0.717) is 12.6 Å². The molecule has 2 aromatic rings. The molecule has 0 amide bonds. The van der Waals surface area contributed by atoms with Crippen LogP contribution < -0.4 is 11.1 Å². The highest BCUT2D eigenvalue weighted by Crippen LogP contribution is 2.09. The summed E-state index contributed by atoms with van der Waals surface area (Å²) in [7, 11) is 0. The summed E-state index contributed by atoms with van der Waals surface area (Å²) in [6, 6.07) is 6.40. The first kappa shape index (κ1) is 10.1. The van der Waals surface area contributed by atoms with Gasteiger partial charge in [-0.25, -0.2) is 4.52 Å². The number of pyridine rings is 1. The standard InChI is InChI=1S/C11H16N4/c1-9(6-12)13-7-10-8-14-15-5-3-2-4-11(10)15/h2-5,8-9,13H,6-7,12H2,1H3/t9-/m0/s1. The topological polar surface area (TPSA) is 55.3 Å². The van der Waals surface area contributed by atoms with Gasteiger partial charge in [-0.2, -0.15) is 5.10 Å². The molecule has 0 aromatic carbocycles.